The van der Waals surface area contributed by atoms with Crippen LogP contribution in [0.25, 0.3) is 0 Å². The number of benzene rings is 1. The molecule has 0 bridgehead atoms. The molecule has 0 fully saturated rings. The number of carbonyl (C=O) groups excluding carboxylic acids is 1. The van der Waals surface area contributed by atoms with Crippen LogP contribution in [0.1, 0.15) is 28.0 Å². The standard InChI is InChI=1S/C13H8ClF2NO/c14-10-3-1-8(2-4-10)12(18)9-5-6-17-11(7-9)13(15)16/h1-7,13H. The maximum absolute atomic E-state index is 12.5. The molecule has 0 atom stereocenters. The predicted octanol–water partition coefficient (Wildman–Crippen LogP) is 3.90. The summed E-state index contributed by atoms with van der Waals surface area (Å²) in [7, 11) is 0. The average Bonchev–Trinajstić information content (AvgIpc) is 2.39. The first-order chi connectivity index (χ1) is 8.58. The van der Waals surface area contributed by atoms with Crippen LogP contribution in [0.3, 0.4) is 0 Å². The maximum atomic E-state index is 12.5. The highest BCUT2D eigenvalue weighted by Gasteiger charge is 2.14. The van der Waals surface area contributed by atoms with Gasteiger partial charge in [-0.3, -0.25) is 9.78 Å². The Balaban J connectivity index is 2.34. The Morgan fingerprint density at radius 2 is 1.78 bits per heavy atom. The fraction of sp³-hybridized carbons (Fsp3) is 0.0769. The number of rotatable bonds is 3. The van der Waals surface area contributed by atoms with E-state index >= 15 is 0 Å². The number of hydrogen-bond acceptors (Lipinski definition) is 2. The van der Waals surface area contributed by atoms with E-state index in [2.05, 4.69) is 4.98 Å². The Kier molecular flexibility index (Phi) is 3.67. The lowest BCUT2D eigenvalue weighted by Gasteiger charge is -2.03. The normalized spacial score (nSPS) is 10.7. The first-order valence-corrected chi connectivity index (χ1v) is 5.50. The highest BCUT2D eigenvalue weighted by Crippen LogP contribution is 2.19. The Morgan fingerprint density at radius 3 is 2.39 bits per heavy atom. The molecule has 2 nitrogen and oxygen atoms in total. The van der Waals surface area contributed by atoms with E-state index < -0.39 is 12.1 Å². The van der Waals surface area contributed by atoms with Crippen LogP contribution in [-0.2, 0) is 0 Å². The van der Waals surface area contributed by atoms with E-state index in [-0.39, 0.29) is 11.3 Å². The highest BCUT2D eigenvalue weighted by atomic mass is 35.5. The molecule has 1 aromatic carbocycles. The molecule has 1 aromatic heterocycles. The lowest BCUT2D eigenvalue weighted by Crippen LogP contribution is -2.03. The second-order valence-electron chi connectivity index (χ2n) is 3.61. The average molecular weight is 268 g/mol. The van der Waals surface area contributed by atoms with Crippen molar-refractivity contribution < 1.29 is 13.6 Å². The molecule has 0 unspecified atom stereocenters. The predicted molar refractivity (Wildman–Crippen MR) is 64.1 cm³/mol. The molecule has 0 saturated heterocycles. The Hall–Kier alpha value is -1.81. The second-order valence-corrected chi connectivity index (χ2v) is 4.04. The van der Waals surface area contributed by atoms with E-state index in [1.807, 2.05) is 0 Å². The Labute approximate surface area is 107 Å². The molecular formula is C13H8ClF2NO. The second kappa shape index (κ2) is 5.23. The smallest absolute Gasteiger partial charge is 0.280 e. The van der Waals surface area contributed by atoms with E-state index in [1.54, 1.807) is 24.3 Å². The minimum Gasteiger partial charge on any atom is -0.289 e. The maximum Gasteiger partial charge on any atom is 0.280 e. The molecule has 0 radical (unpaired) electrons. The van der Waals surface area contributed by atoms with Crippen LogP contribution >= 0.6 is 11.6 Å². The van der Waals surface area contributed by atoms with Gasteiger partial charge in [-0.2, -0.15) is 0 Å². The minimum atomic E-state index is -2.69. The van der Waals surface area contributed by atoms with Gasteiger partial charge in [0.1, 0.15) is 5.69 Å². The summed E-state index contributed by atoms with van der Waals surface area (Å²) in [5.41, 5.74) is 0.170. The van der Waals surface area contributed by atoms with E-state index in [0.717, 1.165) is 6.07 Å². The molecule has 0 amide bonds. The number of halogens is 3. The summed E-state index contributed by atoms with van der Waals surface area (Å²) in [6, 6.07) is 8.75. The zero-order chi connectivity index (χ0) is 13.1. The third-order valence-electron chi connectivity index (χ3n) is 2.37. The topological polar surface area (TPSA) is 30.0 Å². The first kappa shape index (κ1) is 12.6. The van der Waals surface area contributed by atoms with Gasteiger partial charge in [0.15, 0.2) is 5.78 Å². The third-order valence-corrected chi connectivity index (χ3v) is 2.63. The van der Waals surface area contributed by atoms with Gasteiger partial charge in [0, 0.05) is 22.3 Å². The fourth-order valence-corrected chi connectivity index (χ4v) is 1.60. The van der Waals surface area contributed by atoms with Crippen LogP contribution in [0.5, 0.6) is 0 Å². The van der Waals surface area contributed by atoms with Crippen molar-refractivity contribution in [2.45, 2.75) is 6.43 Å². The van der Waals surface area contributed by atoms with E-state index in [4.69, 9.17) is 11.6 Å². The minimum absolute atomic E-state index is 0.183. The molecule has 2 aromatic rings. The largest absolute Gasteiger partial charge is 0.289 e. The number of aromatic nitrogens is 1. The van der Waals surface area contributed by atoms with Gasteiger partial charge in [-0.05, 0) is 36.4 Å². The van der Waals surface area contributed by atoms with Gasteiger partial charge in [0.25, 0.3) is 6.43 Å². The van der Waals surface area contributed by atoms with Crippen molar-refractivity contribution in [3.05, 3.63) is 64.4 Å². The summed E-state index contributed by atoms with van der Waals surface area (Å²) < 4.78 is 24.9. The molecule has 0 aliphatic heterocycles. The molecule has 18 heavy (non-hydrogen) atoms. The van der Waals surface area contributed by atoms with Gasteiger partial charge in [-0.25, -0.2) is 8.78 Å². The fourth-order valence-electron chi connectivity index (χ4n) is 1.48. The molecule has 0 aliphatic carbocycles. The number of pyridine rings is 1. The van der Waals surface area contributed by atoms with Crippen molar-refractivity contribution in [3.63, 3.8) is 0 Å². The van der Waals surface area contributed by atoms with Crippen molar-refractivity contribution in [2.24, 2.45) is 0 Å². The first-order valence-electron chi connectivity index (χ1n) is 5.12. The van der Waals surface area contributed by atoms with Gasteiger partial charge >= 0.3 is 0 Å². The van der Waals surface area contributed by atoms with Crippen LogP contribution in [0.15, 0.2) is 42.6 Å². The van der Waals surface area contributed by atoms with Crippen molar-refractivity contribution in [1.82, 2.24) is 4.98 Å². The molecule has 0 saturated carbocycles. The van der Waals surface area contributed by atoms with Crippen molar-refractivity contribution in [1.29, 1.82) is 0 Å². The van der Waals surface area contributed by atoms with Crippen LogP contribution < -0.4 is 0 Å². The van der Waals surface area contributed by atoms with Crippen molar-refractivity contribution in [3.8, 4) is 0 Å². The van der Waals surface area contributed by atoms with Crippen molar-refractivity contribution >= 4 is 17.4 Å². The summed E-state index contributed by atoms with van der Waals surface area (Å²) >= 11 is 5.71. The van der Waals surface area contributed by atoms with E-state index in [9.17, 15) is 13.6 Å². The quantitative estimate of drug-likeness (QED) is 0.790. The van der Waals surface area contributed by atoms with Crippen LogP contribution in [-0.4, -0.2) is 10.8 Å². The monoisotopic (exact) mass is 267 g/mol. The highest BCUT2D eigenvalue weighted by molar-refractivity contribution is 6.30. The number of carbonyl (C=O) groups is 1. The molecule has 2 rings (SSSR count). The molecule has 0 spiro atoms. The molecule has 5 heteroatoms. The molecule has 0 N–H and O–H groups in total. The van der Waals surface area contributed by atoms with E-state index in [0.29, 0.717) is 10.6 Å². The van der Waals surface area contributed by atoms with Gasteiger partial charge in [-0.1, -0.05) is 11.6 Å². The van der Waals surface area contributed by atoms with Gasteiger partial charge in [0.05, 0.1) is 0 Å². The van der Waals surface area contributed by atoms with Gasteiger partial charge in [-0.15, -0.1) is 0 Å². The lowest BCUT2D eigenvalue weighted by molar-refractivity contribution is 0.103. The third kappa shape index (κ3) is 2.71. The summed E-state index contributed by atoms with van der Waals surface area (Å²) in [4.78, 5) is 15.5. The SMILES string of the molecule is O=C(c1ccc(Cl)cc1)c1ccnc(C(F)F)c1. The van der Waals surface area contributed by atoms with Crippen LogP contribution in [0.2, 0.25) is 5.02 Å². The summed E-state index contributed by atoms with van der Waals surface area (Å²) in [6.45, 7) is 0. The number of hydrogen-bond donors (Lipinski definition) is 0. The summed E-state index contributed by atoms with van der Waals surface area (Å²) in [5, 5.41) is 0.509. The summed E-state index contributed by atoms with van der Waals surface area (Å²) in [6.07, 6.45) is -1.49. The number of nitrogens with zero attached hydrogens (tertiary/aromatic N) is 1. The number of alkyl halides is 2. The zero-order valence-electron chi connectivity index (χ0n) is 9.11. The molecule has 1 heterocycles. The Morgan fingerprint density at radius 1 is 1.11 bits per heavy atom. The molecule has 92 valence electrons. The van der Waals surface area contributed by atoms with Gasteiger partial charge < -0.3 is 0 Å². The van der Waals surface area contributed by atoms with Crippen LogP contribution in [0.4, 0.5) is 8.78 Å². The number of ketones is 1. The Bertz CT molecular complexity index is 569. The van der Waals surface area contributed by atoms with E-state index in [1.165, 1.54) is 12.3 Å². The molecular weight excluding hydrogens is 260 g/mol. The van der Waals surface area contributed by atoms with Crippen molar-refractivity contribution in [2.75, 3.05) is 0 Å². The van der Waals surface area contributed by atoms with Crippen LogP contribution in [0, 0.1) is 0 Å². The summed E-state index contributed by atoms with van der Waals surface area (Å²) in [5.74, 6) is -0.337. The zero-order valence-corrected chi connectivity index (χ0v) is 9.86. The lowest BCUT2D eigenvalue weighted by atomic mass is 10.0. The molecule has 0 aliphatic rings. The van der Waals surface area contributed by atoms with Gasteiger partial charge in [0.2, 0.25) is 0 Å².